The number of benzene rings is 8. The molecular weight excluding hydrogens is 617 g/mol. The van der Waals surface area contributed by atoms with Crippen LogP contribution in [0.25, 0.3) is 43.1 Å². The number of nitrogens with zero attached hydrogens (tertiary/aromatic N) is 2. The zero-order valence-electron chi connectivity index (χ0n) is 28.9. The molecule has 2 heterocycles. The quantitative estimate of drug-likeness (QED) is 0.175. The number of hydrogen-bond acceptors (Lipinski definition) is 2. The molecule has 0 amide bonds. The molecule has 2 aliphatic heterocycles. The number of likely N-dealkylation sites (tertiary alicyclic amines) is 2. The normalized spacial score (nSPS) is 21.3. The standard InChI is InChI=1S/C49H42N2/c1-5-21-38-34(13-1)17-9-25-42(38)46-29-30-47(43-26-10-18-35-14-2-6-22-39(35)43)50(46)33-51-48(44-27-11-19-36-15-3-7-23-40(36)44)31-32-49(51)45-28-12-20-37-16-4-8-24-41(37)45/h1-28,46-49H,29-33H2. The minimum atomic E-state index is 0.307. The van der Waals surface area contributed by atoms with Crippen molar-refractivity contribution >= 4 is 43.1 Å². The van der Waals surface area contributed by atoms with Crippen molar-refractivity contribution < 1.29 is 0 Å². The molecule has 0 N–H and O–H groups in total. The van der Waals surface area contributed by atoms with Gasteiger partial charge >= 0.3 is 0 Å². The molecule has 8 aromatic rings. The Hall–Kier alpha value is -5.28. The fraction of sp³-hybridized carbons (Fsp3) is 0.184. The smallest absolute Gasteiger partial charge is 0.0529 e. The Bertz CT molecular complexity index is 2160. The number of fused-ring (bicyclic) bond motifs is 4. The van der Waals surface area contributed by atoms with Gasteiger partial charge in [0.05, 0.1) is 6.67 Å². The van der Waals surface area contributed by atoms with Gasteiger partial charge < -0.3 is 0 Å². The third kappa shape index (κ3) is 5.25. The van der Waals surface area contributed by atoms with E-state index < -0.39 is 0 Å². The molecule has 0 saturated carbocycles. The first-order valence-electron chi connectivity index (χ1n) is 18.7. The van der Waals surface area contributed by atoms with E-state index in [0.29, 0.717) is 24.2 Å². The van der Waals surface area contributed by atoms with Crippen molar-refractivity contribution in [3.05, 3.63) is 192 Å². The Kier molecular flexibility index (Phi) is 7.66. The SMILES string of the molecule is c1ccc2c(C3CCC(c4cccc5ccccc45)N3CN3C(c4cccc5ccccc45)CCC3c3cccc4ccccc34)cccc2c1. The predicted molar refractivity (Wildman–Crippen MR) is 214 cm³/mol. The molecule has 8 aromatic carbocycles. The lowest BCUT2D eigenvalue weighted by atomic mass is 9.96. The van der Waals surface area contributed by atoms with Crippen LogP contribution in [0.4, 0.5) is 0 Å². The molecule has 0 bridgehead atoms. The maximum absolute atomic E-state index is 2.89. The molecule has 51 heavy (non-hydrogen) atoms. The molecule has 0 spiro atoms. The topological polar surface area (TPSA) is 6.48 Å². The summed E-state index contributed by atoms with van der Waals surface area (Å²) >= 11 is 0. The van der Waals surface area contributed by atoms with Gasteiger partial charge in [0.25, 0.3) is 0 Å². The molecule has 2 nitrogen and oxygen atoms in total. The second-order valence-corrected chi connectivity index (χ2v) is 14.7. The van der Waals surface area contributed by atoms with E-state index in [0.717, 1.165) is 32.4 Å². The molecule has 0 radical (unpaired) electrons. The number of hydrogen-bond donors (Lipinski definition) is 0. The van der Waals surface area contributed by atoms with Gasteiger partial charge in [0.15, 0.2) is 0 Å². The van der Waals surface area contributed by atoms with Crippen LogP contribution in [0.3, 0.4) is 0 Å². The average molecular weight is 659 g/mol. The predicted octanol–water partition coefficient (Wildman–Crippen LogP) is 12.7. The lowest BCUT2D eigenvalue weighted by Crippen LogP contribution is -2.40. The van der Waals surface area contributed by atoms with E-state index in [2.05, 4.69) is 180 Å². The van der Waals surface area contributed by atoms with Crippen LogP contribution in [0.1, 0.15) is 72.1 Å². The minimum Gasteiger partial charge on any atom is -0.276 e. The Morgan fingerprint density at radius 3 is 0.804 bits per heavy atom. The fourth-order valence-electron chi connectivity index (χ4n) is 9.81. The van der Waals surface area contributed by atoms with E-state index in [1.165, 1.54) is 65.3 Å². The van der Waals surface area contributed by atoms with Crippen LogP contribution in [-0.4, -0.2) is 16.5 Å². The van der Waals surface area contributed by atoms with Crippen molar-refractivity contribution in [2.24, 2.45) is 0 Å². The second kappa shape index (κ2) is 12.8. The van der Waals surface area contributed by atoms with Gasteiger partial charge in [-0.15, -0.1) is 0 Å². The van der Waals surface area contributed by atoms with Gasteiger partial charge in [0, 0.05) is 24.2 Å². The summed E-state index contributed by atoms with van der Waals surface area (Å²) < 4.78 is 0. The third-order valence-corrected chi connectivity index (χ3v) is 12.1. The molecule has 2 saturated heterocycles. The molecule has 0 aromatic heterocycles. The molecule has 4 atom stereocenters. The monoisotopic (exact) mass is 658 g/mol. The first-order chi connectivity index (χ1) is 25.3. The molecular formula is C49H42N2. The van der Waals surface area contributed by atoms with Crippen molar-refractivity contribution in [1.29, 1.82) is 0 Å². The largest absolute Gasteiger partial charge is 0.276 e. The average Bonchev–Trinajstić information content (AvgIpc) is 3.81. The fourth-order valence-corrected chi connectivity index (χ4v) is 9.81. The summed E-state index contributed by atoms with van der Waals surface area (Å²) in [4.78, 5) is 5.79. The lowest BCUT2D eigenvalue weighted by Gasteiger charge is -2.40. The van der Waals surface area contributed by atoms with Crippen LogP contribution in [-0.2, 0) is 0 Å². The van der Waals surface area contributed by atoms with Gasteiger partial charge in [-0.05, 0) is 91.0 Å². The second-order valence-electron chi connectivity index (χ2n) is 14.7. The first kappa shape index (κ1) is 30.5. The Balaban J connectivity index is 1.16. The maximum atomic E-state index is 2.89. The van der Waals surface area contributed by atoms with Crippen molar-refractivity contribution in [2.45, 2.75) is 49.9 Å². The van der Waals surface area contributed by atoms with Crippen LogP contribution in [0.15, 0.2) is 170 Å². The van der Waals surface area contributed by atoms with Crippen LogP contribution in [0.5, 0.6) is 0 Å². The van der Waals surface area contributed by atoms with Crippen LogP contribution in [0, 0.1) is 0 Å². The van der Waals surface area contributed by atoms with Crippen LogP contribution in [0.2, 0.25) is 0 Å². The van der Waals surface area contributed by atoms with Gasteiger partial charge in [-0.25, -0.2) is 0 Å². The van der Waals surface area contributed by atoms with Gasteiger partial charge in [0.1, 0.15) is 0 Å². The molecule has 10 rings (SSSR count). The molecule has 4 unspecified atom stereocenters. The Morgan fingerprint density at radius 1 is 0.294 bits per heavy atom. The molecule has 248 valence electrons. The highest BCUT2D eigenvalue weighted by atomic mass is 15.4. The highest BCUT2D eigenvalue weighted by Gasteiger charge is 2.43. The van der Waals surface area contributed by atoms with Crippen molar-refractivity contribution in [1.82, 2.24) is 9.80 Å². The summed E-state index contributed by atoms with van der Waals surface area (Å²) in [5.74, 6) is 0. The zero-order chi connectivity index (χ0) is 33.7. The molecule has 2 aliphatic rings. The summed E-state index contributed by atoms with van der Waals surface area (Å²) in [7, 11) is 0. The molecule has 2 heteroatoms. The Morgan fingerprint density at radius 2 is 0.529 bits per heavy atom. The van der Waals surface area contributed by atoms with E-state index in [-0.39, 0.29) is 0 Å². The summed E-state index contributed by atoms with van der Waals surface area (Å²) in [5, 5.41) is 10.8. The van der Waals surface area contributed by atoms with E-state index in [1.54, 1.807) is 0 Å². The van der Waals surface area contributed by atoms with E-state index >= 15 is 0 Å². The van der Waals surface area contributed by atoms with E-state index in [1.807, 2.05) is 0 Å². The number of rotatable bonds is 6. The van der Waals surface area contributed by atoms with Crippen molar-refractivity contribution in [3.63, 3.8) is 0 Å². The minimum absolute atomic E-state index is 0.307. The van der Waals surface area contributed by atoms with Crippen LogP contribution < -0.4 is 0 Å². The lowest BCUT2D eigenvalue weighted by molar-refractivity contribution is 0.0541. The van der Waals surface area contributed by atoms with Crippen molar-refractivity contribution in [2.75, 3.05) is 6.67 Å². The highest BCUT2D eigenvalue weighted by molar-refractivity contribution is 5.89. The highest BCUT2D eigenvalue weighted by Crippen LogP contribution is 2.52. The van der Waals surface area contributed by atoms with Gasteiger partial charge in [-0.3, -0.25) is 9.80 Å². The molecule has 0 aliphatic carbocycles. The van der Waals surface area contributed by atoms with Gasteiger partial charge in [0.2, 0.25) is 0 Å². The van der Waals surface area contributed by atoms with Gasteiger partial charge in [-0.1, -0.05) is 170 Å². The molecule has 2 fully saturated rings. The summed E-state index contributed by atoms with van der Waals surface area (Å²) in [6, 6.07) is 65.0. The zero-order valence-corrected chi connectivity index (χ0v) is 28.9. The van der Waals surface area contributed by atoms with Crippen molar-refractivity contribution in [3.8, 4) is 0 Å². The first-order valence-corrected chi connectivity index (χ1v) is 18.7. The maximum Gasteiger partial charge on any atom is 0.0529 e. The summed E-state index contributed by atoms with van der Waals surface area (Å²) in [5.41, 5.74) is 5.83. The van der Waals surface area contributed by atoms with E-state index in [9.17, 15) is 0 Å². The van der Waals surface area contributed by atoms with Crippen LogP contribution >= 0.6 is 0 Å². The summed E-state index contributed by atoms with van der Waals surface area (Å²) in [6.07, 6.45) is 4.53. The van der Waals surface area contributed by atoms with E-state index in [4.69, 9.17) is 0 Å². The summed E-state index contributed by atoms with van der Waals surface area (Å²) in [6.45, 7) is 0.892. The third-order valence-electron chi connectivity index (χ3n) is 12.1. The van der Waals surface area contributed by atoms with Gasteiger partial charge in [-0.2, -0.15) is 0 Å². The Labute approximate surface area is 300 Å².